The minimum absolute atomic E-state index is 0.0319. The van der Waals surface area contributed by atoms with Crippen LogP contribution in [0.2, 0.25) is 0 Å². The zero-order chi connectivity index (χ0) is 15.2. The Morgan fingerprint density at radius 1 is 1.19 bits per heavy atom. The number of benzene rings is 2. The summed E-state index contributed by atoms with van der Waals surface area (Å²) in [7, 11) is 0. The molecule has 110 valence electrons. The minimum atomic E-state index is -0.214. The molecule has 2 aromatic carbocycles. The molecule has 0 bridgehead atoms. The zero-order valence-electron chi connectivity index (χ0n) is 12.3. The van der Waals surface area contributed by atoms with Crippen molar-refractivity contribution in [2.75, 3.05) is 17.7 Å². The summed E-state index contributed by atoms with van der Waals surface area (Å²) in [6, 6.07) is 14.8. The smallest absolute Gasteiger partial charge is 0.262 e. The first-order valence-corrected chi connectivity index (χ1v) is 6.93. The molecule has 4 heteroatoms. The Hall–Kier alpha value is -2.49. The van der Waals surface area contributed by atoms with Gasteiger partial charge in [0, 0.05) is 11.4 Å². The lowest BCUT2D eigenvalue weighted by molar-refractivity contribution is -0.118. The summed E-state index contributed by atoms with van der Waals surface area (Å²) < 4.78 is 5.46. The van der Waals surface area contributed by atoms with E-state index >= 15 is 0 Å². The number of amides is 1. The van der Waals surface area contributed by atoms with E-state index in [2.05, 4.69) is 19.2 Å². The van der Waals surface area contributed by atoms with Crippen LogP contribution in [0.5, 0.6) is 5.75 Å². The van der Waals surface area contributed by atoms with Crippen molar-refractivity contribution < 1.29 is 9.53 Å². The second kappa shape index (κ2) is 6.79. The zero-order valence-corrected chi connectivity index (χ0v) is 12.3. The van der Waals surface area contributed by atoms with Crippen LogP contribution >= 0.6 is 0 Å². The number of anilines is 2. The molecular weight excluding hydrogens is 264 g/mol. The lowest BCUT2D eigenvalue weighted by Gasteiger charge is -2.09. The van der Waals surface area contributed by atoms with Gasteiger partial charge in [-0.05, 0) is 41.8 Å². The summed E-state index contributed by atoms with van der Waals surface area (Å²) in [4.78, 5) is 11.8. The van der Waals surface area contributed by atoms with E-state index in [0.29, 0.717) is 23.0 Å². The molecule has 0 heterocycles. The summed E-state index contributed by atoms with van der Waals surface area (Å²) in [6.45, 7) is 4.24. The van der Waals surface area contributed by atoms with Gasteiger partial charge in [-0.3, -0.25) is 4.79 Å². The van der Waals surface area contributed by atoms with Crippen LogP contribution in [0.4, 0.5) is 11.4 Å². The predicted molar refractivity (Wildman–Crippen MR) is 85.5 cm³/mol. The van der Waals surface area contributed by atoms with E-state index in [4.69, 9.17) is 10.5 Å². The molecular formula is C17H20N2O2. The number of rotatable bonds is 5. The van der Waals surface area contributed by atoms with Crippen LogP contribution in [0, 0.1) is 0 Å². The molecule has 1 amide bonds. The third-order valence-electron chi connectivity index (χ3n) is 3.09. The molecule has 4 nitrogen and oxygen atoms in total. The standard InChI is InChI=1S/C17H20N2O2/c1-12(2)13-6-8-16(9-7-13)21-11-17(20)19-15-5-3-4-14(18)10-15/h3-10,12H,11,18H2,1-2H3,(H,19,20). The molecule has 3 N–H and O–H groups in total. The van der Waals surface area contributed by atoms with Crippen LogP contribution < -0.4 is 15.8 Å². The Bertz CT molecular complexity index is 606. The van der Waals surface area contributed by atoms with Crippen LogP contribution in [0.25, 0.3) is 0 Å². The normalized spacial score (nSPS) is 10.4. The number of nitrogens with two attached hydrogens (primary N) is 1. The highest BCUT2D eigenvalue weighted by molar-refractivity contribution is 5.92. The highest BCUT2D eigenvalue weighted by atomic mass is 16.5. The molecule has 0 saturated carbocycles. The predicted octanol–water partition coefficient (Wildman–Crippen LogP) is 3.41. The molecule has 0 aliphatic carbocycles. The van der Waals surface area contributed by atoms with Crippen molar-refractivity contribution >= 4 is 17.3 Å². The van der Waals surface area contributed by atoms with Crippen molar-refractivity contribution in [1.82, 2.24) is 0 Å². The van der Waals surface area contributed by atoms with Gasteiger partial charge < -0.3 is 15.8 Å². The third kappa shape index (κ3) is 4.53. The second-order valence-electron chi connectivity index (χ2n) is 5.19. The molecule has 0 fully saturated rings. The van der Waals surface area contributed by atoms with Gasteiger partial charge >= 0.3 is 0 Å². The molecule has 2 rings (SSSR count). The van der Waals surface area contributed by atoms with Crippen molar-refractivity contribution in [3.63, 3.8) is 0 Å². The van der Waals surface area contributed by atoms with Gasteiger partial charge in [-0.25, -0.2) is 0 Å². The van der Waals surface area contributed by atoms with Crippen molar-refractivity contribution in [1.29, 1.82) is 0 Å². The monoisotopic (exact) mass is 284 g/mol. The van der Waals surface area contributed by atoms with E-state index in [0.717, 1.165) is 0 Å². The maximum atomic E-state index is 11.8. The van der Waals surface area contributed by atoms with Crippen LogP contribution in [-0.2, 0) is 4.79 Å². The van der Waals surface area contributed by atoms with Crippen LogP contribution in [0.3, 0.4) is 0 Å². The summed E-state index contributed by atoms with van der Waals surface area (Å²) in [6.07, 6.45) is 0. The molecule has 0 radical (unpaired) electrons. The Balaban J connectivity index is 1.86. The van der Waals surface area contributed by atoms with Crippen LogP contribution in [-0.4, -0.2) is 12.5 Å². The lowest BCUT2D eigenvalue weighted by atomic mass is 10.0. The summed E-state index contributed by atoms with van der Waals surface area (Å²) in [5.41, 5.74) is 8.17. The Morgan fingerprint density at radius 2 is 1.90 bits per heavy atom. The van der Waals surface area contributed by atoms with E-state index in [1.165, 1.54) is 5.56 Å². The maximum absolute atomic E-state index is 11.8. The highest BCUT2D eigenvalue weighted by Gasteiger charge is 2.05. The summed E-state index contributed by atoms with van der Waals surface area (Å²) in [5.74, 6) is 0.946. The Morgan fingerprint density at radius 3 is 2.52 bits per heavy atom. The molecule has 0 atom stereocenters. The summed E-state index contributed by atoms with van der Waals surface area (Å²) in [5, 5.41) is 2.74. The van der Waals surface area contributed by atoms with Gasteiger partial charge in [0.05, 0.1) is 0 Å². The largest absolute Gasteiger partial charge is 0.484 e. The van der Waals surface area contributed by atoms with Crippen molar-refractivity contribution in [3.8, 4) is 5.75 Å². The quantitative estimate of drug-likeness (QED) is 0.827. The summed E-state index contributed by atoms with van der Waals surface area (Å²) >= 11 is 0. The molecule has 21 heavy (non-hydrogen) atoms. The lowest BCUT2D eigenvalue weighted by Crippen LogP contribution is -2.20. The number of carbonyl (C=O) groups is 1. The molecule has 0 aromatic heterocycles. The molecule has 0 spiro atoms. The van der Waals surface area contributed by atoms with Gasteiger partial charge in [0.2, 0.25) is 0 Å². The van der Waals surface area contributed by atoms with Crippen molar-refractivity contribution in [2.45, 2.75) is 19.8 Å². The van der Waals surface area contributed by atoms with Gasteiger partial charge in [0.15, 0.2) is 6.61 Å². The number of nitrogen functional groups attached to an aromatic ring is 1. The fraction of sp³-hybridized carbons (Fsp3) is 0.235. The number of hydrogen-bond donors (Lipinski definition) is 2. The van der Waals surface area contributed by atoms with E-state index in [-0.39, 0.29) is 12.5 Å². The molecule has 0 aliphatic heterocycles. The van der Waals surface area contributed by atoms with Gasteiger partial charge in [-0.1, -0.05) is 32.0 Å². The van der Waals surface area contributed by atoms with Crippen molar-refractivity contribution in [3.05, 3.63) is 54.1 Å². The highest BCUT2D eigenvalue weighted by Crippen LogP contribution is 2.18. The number of carbonyl (C=O) groups excluding carboxylic acids is 1. The van der Waals surface area contributed by atoms with Crippen LogP contribution in [0.15, 0.2) is 48.5 Å². The fourth-order valence-electron chi connectivity index (χ4n) is 1.91. The molecule has 2 aromatic rings. The Labute approximate surface area is 124 Å². The number of hydrogen-bond acceptors (Lipinski definition) is 3. The van der Waals surface area contributed by atoms with Crippen molar-refractivity contribution in [2.24, 2.45) is 0 Å². The second-order valence-corrected chi connectivity index (χ2v) is 5.19. The van der Waals surface area contributed by atoms with E-state index < -0.39 is 0 Å². The number of ether oxygens (including phenoxy) is 1. The van der Waals surface area contributed by atoms with Gasteiger partial charge in [0.1, 0.15) is 5.75 Å². The van der Waals surface area contributed by atoms with Gasteiger partial charge in [-0.15, -0.1) is 0 Å². The topological polar surface area (TPSA) is 64.3 Å². The first-order valence-electron chi connectivity index (χ1n) is 6.93. The van der Waals surface area contributed by atoms with E-state index in [9.17, 15) is 4.79 Å². The average Bonchev–Trinajstić information content (AvgIpc) is 2.45. The number of nitrogens with one attached hydrogen (secondary N) is 1. The first kappa shape index (κ1) is 14.9. The van der Waals surface area contributed by atoms with E-state index in [1.54, 1.807) is 24.3 Å². The third-order valence-corrected chi connectivity index (χ3v) is 3.09. The SMILES string of the molecule is CC(C)c1ccc(OCC(=O)Nc2cccc(N)c2)cc1. The molecule has 0 aliphatic rings. The fourth-order valence-corrected chi connectivity index (χ4v) is 1.91. The van der Waals surface area contributed by atoms with Gasteiger partial charge in [-0.2, -0.15) is 0 Å². The molecule has 0 saturated heterocycles. The van der Waals surface area contributed by atoms with E-state index in [1.807, 2.05) is 24.3 Å². The Kier molecular flexibility index (Phi) is 4.82. The average molecular weight is 284 g/mol. The van der Waals surface area contributed by atoms with Crippen LogP contribution in [0.1, 0.15) is 25.3 Å². The van der Waals surface area contributed by atoms with Gasteiger partial charge in [0.25, 0.3) is 5.91 Å². The first-order chi connectivity index (χ1) is 10.0. The molecule has 0 unspecified atom stereocenters. The minimum Gasteiger partial charge on any atom is -0.484 e. The maximum Gasteiger partial charge on any atom is 0.262 e.